The van der Waals surface area contributed by atoms with Gasteiger partial charge in [-0.2, -0.15) is 5.10 Å². The summed E-state index contributed by atoms with van der Waals surface area (Å²) in [5.41, 5.74) is 1.64. The van der Waals surface area contributed by atoms with E-state index < -0.39 is 0 Å². The summed E-state index contributed by atoms with van der Waals surface area (Å²) < 4.78 is 1.92. The highest BCUT2D eigenvalue weighted by atomic mass is 35.5. The zero-order valence-corrected chi connectivity index (χ0v) is 11.5. The van der Waals surface area contributed by atoms with Crippen LogP contribution in [0, 0.1) is 6.92 Å². The fourth-order valence-corrected chi connectivity index (χ4v) is 2.03. The number of carbonyl (C=O) groups is 1. The molecule has 0 radical (unpaired) electrons. The molecule has 1 aromatic carbocycles. The molecule has 1 heterocycles. The lowest BCUT2D eigenvalue weighted by atomic mass is 10.2. The van der Waals surface area contributed by atoms with E-state index in [1.165, 1.54) is 0 Å². The number of benzene rings is 1. The zero-order valence-electron chi connectivity index (χ0n) is 10.8. The van der Waals surface area contributed by atoms with Crippen LogP contribution in [0.4, 0.5) is 0 Å². The molecule has 0 aliphatic carbocycles. The maximum atomic E-state index is 11.9. The molecule has 0 atom stereocenters. The average Bonchev–Trinajstić information content (AvgIpc) is 2.80. The molecule has 0 unspecified atom stereocenters. The molecule has 1 N–H and O–H groups in total. The standard InChI is InChI=1S/C14H16ClN3O/c1-11-7-9-17-18(11)10-4-8-16-14(19)12-5-2-3-6-13(12)15/h2-3,5-7,9H,4,8,10H2,1H3,(H,16,19). The molecule has 19 heavy (non-hydrogen) atoms. The van der Waals surface area contributed by atoms with Gasteiger partial charge in [0.2, 0.25) is 0 Å². The molecule has 2 aromatic rings. The number of amides is 1. The highest BCUT2D eigenvalue weighted by molar-refractivity contribution is 6.33. The highest BCUT2D eigenvalue weighted by Crippen LogP contribution is 2.14. The van der Waals surface area contributed by atoms with E-state index in [9.17, 15) is 4.79 Å². The minimum absolute atomic E-state index is 0.136. The number of hydrogen-bond acceptors (Lipinski definition) is 2. The maximum Gasteiger partial charge on any atom is 0.252 e. The molecule has 100 valence electrons. The number of hydrogen-bond donors (Lipinski definition) is 1. The second-order valence-electron chi connectivity index (χ2n) is 4.29. The largest absolute Gasteiger partial charge is 0.352 e. The van der Waals surface area contributed by atoms with E-state index in [1.807, 2.05) is 17.7 Å². The Morgan fingerprint density at radius 2 is 2.16 bits per heavy atom. The summed E-state index contributed by atoms with van der Waals surface area (Å²) in [5.74, 6) is -0.136. The molecule has 5 heteroatoms. The van der Waals surface area contributed by atoms with Crippen LogP contribution in [0.25, 0.3) is 0 Å². The van der Waals surface area contributed by atoms with Gasteiger partial charge in [0.1, 0.15) is 0 Å². The summed E-state index contributed by atoms with van der Waals surface area (Å²) in [4.78, 5) is 11.9. The quantitative estimate of drug-likeness (QED) is 0.854. The molecule has 2 rings (SSSR count). The Bertz CT molecular complexity index is 565. The minimum atomic E-state index is -0.136. The Hall–Kier alpha value is -1.81. The van der Waals surface area contributed by atoms with Crippen molar-refractivity contribution in [2.45, 2.75) is 19.9 Å². The first-order valence-corrected chi connectivity index (χ1v) is 6.57. The van der Waals surface area contributed by atoms with Gasteiger partial charge in [-0.05, 0) is 31.5 Å². The molecule has 4 nitrogen and oxygen atoms in total. The minimum Gasteiger partial charge on any atom is -0.352 e. The molecule has 0 aliphatic heterocycles. The van der Waals surface area contributed by atoms with Crippen molar-refractivity contribution in [1.29, 1.82) is 0 Å². The van der Waals surface area contributed by atoms with E-state index in [0.29, 0.717) is 17.1 Å². The Morgan fingerprint density at radius 3 is 2.84 bits per heavy atom. The van der Waals surface area contributed by atoms with Crippen molar-refractivity contribution in [3.05, 3.63) is 52.8 Å². The van der Waals surface area contributed by atoms with Gasteiger partial charge in [-0.25, -0.2) is 0 Å². The number of nitrogens with one attached hydrogen (secondary N) is 1. The maximum absolute atomic E-state index is 11.9. The van der Waals surface area contributed by atoms with Gasteiger partial charge in [0.05, 0.1) is 10.6 Å². The number of rotatable bonds is 5. The van der Waals surface area contributed by atoms with E-state index >= 15 is 0 Å². The SMILES string of the molecule is Cc1ccnn1CCCNC(=O)c1ccccc1Cl. The van der Waals surface area contributed by atoms with Gasteiger partial charge in [-0.3, -0.25) is 9.48 Å². The smallest absolute Gasteiger partial charge is 0.252 e. The Kier molecular flexibility index (Phi) is 4.58. The van der Waals surface area contributed by atoms with Crippen LogP contribution in [0.15, 0.2) is 36.5 Å². The van der Waals surface area contributed by atoms with Crippen molar-refractivity contribution in [2.75, 3.05) is 6.54 Å². The summed E-state index contributed by atoms with van der Waals surface area (Å²) in [6.45, 7) is 3.40. The van der Waals surface area contributed by atoms with Crippen molar-refractivity contribution in [3.63, 3.8) is 0 Å². The summed E-state index contributed by atoms with van der Waals surface area (Å²) in [6, 6.07) is 8.99. The number of aromatic nitrogens is 2. The van der Waals surface area contributed by atoms with Crippen LogP contribution in [0.5, 0.6) is 0 Å². The van der Waals surface area contributed by atoms with Gasteiger partial charge in [0, 0.05) is 25.0 Å². The van der Waals surface area contributed by atoms with Crippen LogP contribution in [-0.4, -0.2) is 22.2 Å². The van der Waals surface area contributed by atoms with Crippen LogP contribution in [0.1, 0.15) is 22.5 Å². The Labute approximate surface area is 117 Å². The lowest BCUT2D eigenvalue weighted by Gasteiger charge is -2.07. The fourth-order valence-electron chi connectivity index (χ4n) is 1.80. The number of aryl methyl sites for hydroxylation is 2. The molecule has 0 saturated carbocycles. The first-order chi connectivity index (χ1) is 9.18. The van der Waals surface area contributed by atoms with E-state index in [0.717, 1.165) is 18.7 Å². The third kappa shape index (κ3) is 3.58. The van der Waals surface area contributed by atoms with Gasteiger partial charge in [0.15, 0.2) is 0 Å². The Balaban J connectivity index is 1.79. The van der Waals surface area contributed by atoms with E-state index in [1.54, 1.807) is 30.5 Å². The lowest BCUT2D eigenvalue weighted by Crippen LogP contribution is -2.25. The highest BCUT2D eigenvalue weighted by Gasteiger charge is 2.08. The molecule has 0 fully saturated rings. The number of nitrogens with zero attached hydrogens (tertiary/aromatic N) is 2. The van der Waals surface area contributed by atoms with Crippen LogP contribution in [0.2, 0.25) is 5.02 Å². The van der Waals surface area contributed by atoms with Crippen molar-refractivity contribution < 1.29 is 4.79 Å². The van der Waals surface area contributed by atoms with Crippen LogP contribution in [0.3, 0.4) is 0 Å². The number of halogens is 1. The molecule has 1 amide bonds. The predicted molar refractivity (Wildman–Crippen MR) is 75.4 cm³/mol. The topological polar surface area (TPSA) is 46.9 Å². The van der Waals surface area contributed by atoms with Crippen LogP contribution in [-0.2, 0) is 6.54 Å². The second-order valence-corrected chi connectivity index (χ2v) is 4.69. The lowest BCUT2D eigenvalue weighted by molar-refractivity contribution is 0.0953. The van der Waals surface area contributed by atoms with Gasteiger partial charge < -0.3 is 5.32 Å². The van der Waals surface area contributed by atoms with Crippen molar-refractivity contribution in [3.8, 4) is 0 Å². The molecule has 0 saturated heterocycles. The van der Waals surface area contributed by atoms with Gasteiger partial charge in [-0.15, -0.1) is 0 Å². The Morgan fingerprint density at radius 1 is 1.37 bits per heavy atom. The summed E-state index contributed by atoms with van der Waals surface area (Å²) in [6.07, 6.45) is 2.61. The van der Waals surface area contributed by atoms with E-state index in [2.05, 4.69) is 10.4 Å². The van der Waals surface area contributed by atoms with Gasteiger partial charge >= 0.3 is 0 Å². The van der Waals surface area contributed by atoms with Crippen LogP contribution < -0.4 is 5.32 Å². The number of carbonyl (C=O) groups excluding carboxylic acids is 1. The fraction of sp³-hybridized carbons (Fsp3) is 0.286. The van der Waals surface area contributed by atoms with Crippen molar-refractivity contribution >= 4 is 17.5 Å². The molecule has 0 aliphatic rings. The average molecular weight is 278 g/mol. The summed E-state index contributed by atoms with van der Waals surface area (Å²) in [5, 5.41) is 7.52. The summed E-state index contributed by atoms with van der Waals surface area (Å²) in [7, 11) is 0. The van der Waals surface area contributed by atoms with E-state index in [-0.39, 0.29) is 5.91 Å². The molecule has 0 bridgehead atoms. The predicted octanol–water partition coefficient (Wildman–Crippen LogP) is 2.67. The molecular formula is C14H16ClN3O. The monoisotopic (exact) mass is 277 g/mol. The van der Waals surface area contributed by atoms with Crippen LogP contribution >= 0.6 is 11.6 Å². The van der Waals surface area contributed by atoms with Crippen molar-refractivity contribution in [1.82, 2.24) is 15.1 Å². The summed E-state index contributed by atoms with van der Waals surface area (Å²) >= 11 is 5.96. The molecule has 0 spiro atoms. The second kappa shape index (κ2) is 6.38. The zero-order chi connectivity index (χ0) is 13.7. The molecular weight excluding hydrogens is 262 g/mol. The third-order valence-electron chi connectivity index (χ3n) is 2.88. The van der Waals surface area contributed by atoms with Gasteiger partial charge in [0.25, 0.3) is 5.91 Å². The molecule has 1 aromatic heterocycles. The normalized spacial score (nSPS) is 10.4. The first-order valence-electron chi connectivity index (χ1n) is 6.19. The third-order valence-corrected chi connectivity index (χ3v) is 3.21. The van der Waals surface area contributed by atoms with Gasteiger partial charge in [-0.1, -0.05) is 23.7 Å². The first kappa shape index (κ1) is 13.6. The van der Waals surface area contributed by atoms with Crippen molar-refractivity contribution in [2.24, 2.45) is 0 Å². The van der Waals surface area contributed by atoms with E-state index in [4.69, 9.17) is 11.6 Å².